The Morgan fingerprint density at radius 3 is 2.50 bits per heavy atom. The van der Waals surface area contributed by atoms with E-state index in [1.165, 1.54) is 12.1 Å². The molecule has 28 heavy (non-hydrogen) atoms. The predicted molar refractivity (Wildman–Crippen MR) is 101 cm³/mol. The minimum Gasteiger partial charge on any atom is -0.352 e. The van der Waals surface area contributed by atoms with Crippen molar-refractivity contribution >= 4 is 12.0 Å². The SMILES string of the molecule is Cc1c(/C=C2\CCCCNC2=O)cc(C#N)cc1-c1ccc(C(F)(F)F)cc1. The van der Waals surface area contributed by atoms with E-state index in [4.69, 9.17) is 0 Å². The highest BCUT2D eigenvalue weighted by atomic mass is 19.4. The van der Waals surface area contributed by atoms with Gasteiger partial charge in [-0.3, -0.25) is 4.79 Å². The lowest BCUT2D eigenvalue weighted by Gasteiger charge is -2.13. The number of carbonyl (C=O) groups excluding carboxylic acids is 1. The molecule has 1 aliphatic heterocycles. The molecule has 3 nitrogen and oxygen atoms in total. The van der Waals surface area contributed by atoms with E-state index in [1.54, 1.807) is 18.2 Å². The van der Waals surface area contributed by atoms with Gasteiger partial charge in [0.2, 0.25) is 5.91 Å². The van der Waals surface area contributed by atoms with E-state index >= 15 is 0 Å². The molecular formula is C22H19F3N2O. The maximum Gasteiger partial charge on any atom is 0.416 e. The van der Waals surface area contributed by atoms with Crippen LogP contribution in [0.1, 0.15) is 41.5 Å². The Morgan fingerprint density at radius 2 is 1.86 bits per heavy atom. The van der Waals surface area contributed by atoms with E-state index in [0.29, 0.717) is 35.2 Å². The number of carbonyl (C=O) groups is 1. The first kappa shape index (κ1) is 19.7. The Balaban J connectivity index is 2.07. The van der Waals surface area contributed by atoms with Gasteiger partial charge in [-0.2, -0.15) is 18.4 Å². The number of nitrogens with zero attached hydrogens (tertiary/aromatic N) is 1. The van der Waals surface area contributed by atoms with Crippen molar-refractivity contribution in [2.45, 2.75) is 32.4 Å². The molecule has 0 spiro atoms. The number of hydrogen-bond donors (Lipinski definition) is 1. The molecule has 2 aromatic rings. The Morgan fingerprint density at radius 1 is 1.14 bits per heavy atom. The molecule has 0 saturated carbocycles. The van der Waals surface area contributed by atoms with Crippen LogP contribution in [0.2, 0.25) is 0 Å². The smallest absolute Gasteiger partial charge is 0.352 e. The summed E-state index contributed by atoms with van der Waals surface area (Å²) in [5.74, 6) is -0.115. The highest BCUT2D eigenvalue weighted by Gasteiger charge is 2.30. The highest BCUT2D eigenvalue weighted by molar-refractivity contribution is 5.98. The second-order valence-electron chi connectivity index (χ2n) is 6.81. The second kappa shape index (κ2) is 7.89. The van der Waals surface area contributed by atoms with Crippen LogP contribution in [-0.2, 0) is 11.0 Å². The molecule has 1 saturated heterocycles. The van der Waals surface area contributed by atoms with Crippen LogP contribution in [0.4, 0.5) is 13.2 Å². The van der Waals surface area contributed by atoms with E-state index in [1.807, 2.05) is 6.92 Å². The molecule has 6 heteroatoms. The molecule has 1 fully saturated rings. The third-order valence-corrected chi connectivity index (χ3v) is 4.88. The van der Waals surface area contributed by atoms with Gasteiger partial charge in [-0.15, -0.1) is 0 Å². The molecule has 1 N–H and O–H groups in total. The number of nitrogens with one attached hydrogen (secondary N) is 1. The second-order valence-corrected chi connectivity index (χ2v) is 6.81. The standard InChI is InChI=1S/C22H19F3N2O/c1-14-18(12-17-4-2-3-9-27-21(17)28)10-15(13-26)11-20(14)16-5-7-19(8-6-16)22(23,24)25/h5-8,10-12H,2-4,9H2,1H3,(H,27,28)/b17-12+. The van der Waals surface area contributed by atoms with Gasteiger partial charge in [0, 0.05) is 12.1 Å². The number of hydrogen-bond acceptors (Lipinski definition) is 2. The Hall–Kier alpha value is -3.07. The van der Waals surface area contributed by atoms with Crippen molar-refractivity contribution in [2.75, 3.05) is 6.54 Å². The summed E-state index contributed by atoms with van der Waals surface area (Å²) in [6.45, 7) is 2.49. The lowest BCUT2D eigenvalue weighted by molar-refractivity contribution is -0.137. The first-order chi connectivity index (χ1) is 13.3. The summed E-state index contributed by atoms with van der Waals surface area (Å²) < 4.78 is 38.5. The molecule has 1 amide bonds. The average Bonchev–Trinajstić information content (AvgIpc) is 2.87. The summed E-state index contributed by atoms with van der Waals surface area (Å²) >= 11 is 0. The van der Waals surface area contributed by atoms with Crippen LogP contribution in [0.3, 0.4) is 0 Å². The third-order valence-electron chi connectivity index (χ3n) is 4.88. The van der Waals surface area contributed by atoms with Gasteiger partial charge in [-0.05, 0) is 78.8 Å². The van der Waals surface area contributed by atoms with Gasteiger partial charge in [-0.1, -0.05) is 12.1 Å². The zero-order valence-electron chi connectivity index (χ0n) is 15.4. The Labute approximate surface area is 161 Å². The van der Waals surface area contributed by atoms with Gasteiger partial charge in [-0.25, -0.2) is 0 Å². The number of nitriles is 1. The summed E-state index contributed by atoms with van der Waals surface area (Å²) in [6.07, 6.45) is -0.156. The van der Waals surface area contributed by atoms with E-state index in [0.717, 1.165) is 36.1 Å². The molecule has 1 heterocycles. The summed E-state index contributed by atoms with van der Waals surface area (Å²) in [4.78, 5) is 12.2. The monoisotopic (exact) mass is 384 g/mol. The fraction of sp³-hybridized carbons (Fsp3) is 0.273. The van der Waals surface area contributed by atoms with Gasteiger partial charge in [0.15, 0.2) is 0 Å². The number of benzene rings is 2. The number of alkyl halides is 3. The van der Waals surface area contributed by atoms with Crippen molar-refractivity contribution in [3.63, 3.8) is 0 Å². The van der Waals surface area contributed by atoms with Crippen LogP contribution < -0.4 is 5.32 Å². The maximum atomic E-state index is 12.8. The molecule has 0 radical (unpaired) electrons. The molecule has 2 aromatic carbocycles. The molecule has 0 atom stereocenters. The molecule has 144 valence electrons. The van der Waals surface area contributed by atoms with Crippen molar-refractivity contribution in [1.29, 1.82) is 5.26 Å². The average molecular weight is 384 g/mol. The molecule has 0 aliphatic carbocycles. The van der Waals surface area contributed by atoms with Gasteiger partial charge in [0.05, 0.1) is 17.2 Å². The van der Waals surface area contributed by atoms with Crippen molar-refractivity contribution in [3.05, 3.63) is 64.2 Å². The molecule has 0 unspecified atom stereocenters. The van der Waals surface area contributed by atoms with Crippen molar-refractivity contribution in [2.24, 2.45) is 0 Å². The summed E-state index contributed by atoms with van der Waals surface area (Å²) in [5.41, 5.74) is 3.11. The maximum absolute atomic E-state index is 12.8. The van der Waals surface area contributed by atoms with Gasteiger partial charge in [0.1, 0.15) is 0 Å². The molecule has 3 rings (SSSR count). The zero-order valence-corrected chi connectivity index (χ0v) is 15.4. The normalized spacial score (nSPS) is 16.4. The van der Waals surface area contributed by atoms with Gasteiger partial charge < -0.3 is 5.32 Å². The number of amides is 1. The molecular weight excluding hydrogens is 365 g/mol. The zero-order chi connectivity index (χ0) is 20.3. The molecule has 1 aliphatic rings. The molecule has 0 bridgehead atoms. The summed E-state index contributed by atoms with van der Waals surface area (Å²) in [7, 11) is 0. The van der Waals surface area contributed by atoms with E-state index in [-0.39, 0.29) is 5.91 Å². The molecule has 0 aromatic heterocycles. The lowest BCUT2D eigenvalue weighted by Crippen LogP contribution is -2.23. The van der Waals surface area contributed by atoms with E-state index in [2.05, 4.69) is 11.4 Å². The van der Waals surface area contributed by atoms with E-state index in [9.17, 15) is 23.2 Å². The van der Waals surface area contributed by atoms with Crippen molar-refractivity contribution in [3.8, 4) is 17.2 Å². The Kier molecular flexibility index (Phi) is 5.55. The Bertz CT molecular complexity index is 967. The third kappa shape index (κ3) is 4.25. The van der Waals surface area contributed by atoms with Crippen molar-refractivity contribution < 1.29 is 18.0 Å². The highest BCUT2D eigenvalue weighted by Crippen LogP contribution is 2.33. The fourth-order valence-electron chi connectivity index (χ4n) is 3.28. The van der Waals surface area contributed by atoms with Crippen LogP contribution in [0.25, 0.3) is 17.2 Å². The summed E-state index contributed by atoms with van der Waals surface area (Å²) in [5, 5.41) is 12.2. The summed E-state index contributed by atoms with van der Waals surface area (Å²) in [6, 6.07) is 10.3. The van der Waals surface area contributed by atoms with Crippen molar-refractivity contribution in [1.82, 2.24) is 5.32 Å². The van der Waals surface area contributed by atoms with Crippen LogP contribution in [-0.4, -0.2) is 12.5 Å². The lowest BCUT2D eigenvalue weighted by atomic mass is 9.92. The quantitative estimate of drug-likeness (QED) is 0.721. The van der Waals surface area contributed by atoms with Gasteiger partial charge >= 0.3 is 6.18 Å². The fourth-order valence-corrected chi connectivity index (χ4v) is 3.28. The van der Waals surface area contributed by atoms with Crippen LogP contribution in [0.15, 0.2) is 42.0 Å². The largest absolute Gasteiger partial charge is 0.416 e. The van der Waals surface area contributed by atoms with Crippen LogP contribution in [0.5, 0.6) is 0 Å². The minimum absolute atomic E-state index is 0.115. The van der Waals surface area contributed by atoms with Crippen LogP contribution >= 0.6 is 0 Å². The topological polar surface area (TPSA) is 52.9 Å². The van der Waals surface area contributed by atoms with E-state index < -0.39 is 11.7 Å². The first-order valence-electron chi connectivity index (χ1n) is 9.01. The predicted octanol–water partition coefficient (Wildman–Crippen LogP) is 5.24. The minimum atomic E-state index is -4.40. The number of halogens is 3. The van der Waals surface area contributed by atoms with Gasteiger partial charge in [0.25, 0.3) is 0 Å². The first-order valence-corrected chi connectivity index (χ1v) is 9.01. The number of rotatable bonds is 2. The van der Waals surface area contributed by atoms with Crippen LogP contribution in [0, 0.1) is 18.3 Å².